The Morgan fingerprint density at radius 2 is 1.17 bits per heavy atom. The summed E-state index contributed by atoms with van der Waals surface area (Å²) in [5.41, 5.74) is 13.8. The van der Waals surface area contributed by atoms with E-state index >= 15 is 0 Å². The van der Waals surface area contributed by atoms with E-state index in [1.807, 2.05) is 24.3 Å². The predicted molar refractivity (Wildman–Crippen MR) is 312 cm³/mol. The number of unbranched alkanes of at least 4 members (excludes halogenated alkanes) is 3. The number of carbonyl (C=O) groups is 1. The van der Waals surface area contributed by atoms with E-state index in [9.17, 15) is 4.79 Å². The molecule has 76 heavy (non-hydrogen) atoms. The zero-order valence-corrected chi connectivity index (χ0v) is 44.4. The maximum Gasteiger partial charge on any atom is 0.343 e. The molecule has 3 aliphatic heterocycles. The van der Waals surface area contributed by atoms with Crippen LogP contribution in [0.15, 0.2) is 176 Å². The number of nitrogens with zero attached hydrogens (tertiary/aromatic N) is 4. The third kappa shape index (κ3) is 9.01. The van der Waals surface area contributed by atoms with Gasteiger partial charge in [0.25, 0.3) is 0 Å². The fourth-order valence-electron chi connectivity index (χ4n) is 12.5. The molecule has 2 fully saturated rings. The smallest absolute Gasteiger partial charge is 0.343 e. The Hall–Kier alpha value is -7.97. The van der Waals surface area contributed by atoms with Gasteiger partial charge in [0.2, 0.25) is 0 Å². The third-order valence-corrected chi connectivity index (χ3v) is 16.6. The molecule has 8 aromatic carbocycles. The summed E-state index contributed by atoms with van der Waals surface area (Å²) in [5, 5.41) is 2.20. The predicted octanol–water partition coefficient (Wildman–Crippen LogP) is 14.5. The van der Waals surface area contributed by atoms with E-state index < -0.39 is 5.60 Å². The highest BCUT2D eigenvalue weighted by atomic mass is 16.5. The molecule has 384 valence electrons. The first-order valence-electron chi connectivity index (χ1n) is 27.5. The summed E-state index contributed by atoms with van der Waals surface area (Å²) in [6.07, 6.45) is 10.6. The van der Waals surface area contributed by atoms with Gasteiger partial charge in [-0.05, 0) is 125 Å². The number of methoxy groups -OCH3 is 1. The second kappa shape index (κ2) is 20.6. The van der Waals surface area contributed by atoms with Crippen molar-refractivity contribution in [3.8, 4) is 28.4 Å². The molecule has 4 aliphatic rings. The molecule has 1 atom stereocenters. The zero-order chi connectivity index (χ0) is 51.8. The van der Waals surface area contributed by atoms with Crippen molar-refractivity contribution in [2.75, 3.05) is 79.1 Å². The van der Waals surface area contributed by atoms with Gasteiger partial charge in [-0.25, -0.2) is 4.79 Å². The minimum atomic E-state index is -0.892. The Kier molecular flexibility index (Phi) is 13.3. The summed E-state index contributed by atoms with van der Waals surface area (Å²) in [7, 11) is 1.79. The second-order valence-corrected chi connectivity index (χ2v) is 21.5. The van der Waals surface area contributed by atoms with Gasteiger partial charge in [-0.3, -0.25) is 0 Å². The van der Waals surface area contributed by atoms with E-state index in [2.05, 4.69) is 198 Å². The lowest BCUT2D eigenvalue weighted by Gasteiger charge is -2.40. The highest BCUT2D eigenvalue weighted by molar-refractivity contribution is 6.10. The molecular formula is C68H68N4O4. The van der Waals surface area contributed by atoms with Gasteiger partial charge in [-0.1, -0.05) is 143 Å². The summed E-state index contributed by atoms with van der Waals surface area (Å²) in [4.78, 5) is 23.0. The Bertz CT molecular complexity index is 3390. The van der Waals surface area contributed by atoms with Gasteiger partial charge in [-0.2, -0.15) is 0 Å². The lowest BCUT2D eigenvalue weighted by atomic mass is 9.76. The van der Waals surface area contributed by atoms with Crippen LogP contribution < -0.4 is 33.8 Å². The van der Waals surface area contributed by atoms with Gasteiger partial charge in [0.05, 0.1) is 18.4 Å². The van der Waals surface area contributed by atoms with Crippen molar-refractivity contribution in [2.24, 2.45) is 0 Å². The normalized spacial score (nSPS) is 17.5. The number of hydrogen-bond acceptors (Lipinski definition) is 8. The quantitative estimate of drug-likeness (QED) is 0.0607. The molecule has 0 saturated carbocycles. The number of benzene rings is 8. The van der Waals surface area contributed by atoms with Crippen molar-refractivity contribution in [2.45, 2.75) is 63.9 Å². The first-order chi connectivity index (χ1) is 37.2. The molecule has 0 N–H and O–H groups in total. The van der Waals surface area contributed by atoms with Crippen LogP contribution in [0, 0.1) is 0 Å². The topological polar surface area (TPSA) is 57.7 Å². The average Bonchev–Trinajstić information content (AvgIpc) is 3.95. The molecule has 12 rings (SSSR count). The molecule has 0 aromatic heterocycles. The van der Waals surface area contributed by atoms with Crippen molar-refractivity contribution in [1.82, 2.24) is 0 Å². The monoisotopic (exact) mass is 1000 g/mol. The van der Waals surface area contributed by atoms with Crippen LogP contribution in [-0.2, 0) is 17.4 Å². The van der Waals surface area contributed by atoms with Crippen molar-refractivity contribution in [3.05, 3.63) is 215 Å². The Balaban J connectivity index is 0.830. The number of para-hydroxylation sites is 1. The lowest BCUT2D eigenvalue weighted by molar-refractivity contribution is 0.0734. The van der Waals surface area contributed by atoms with E-state index in [4.69, 9.17) is 14.2 Å². The summed E-state index contributed by atoms with van der Waals surface area (Å²) in [6, 6.07) is 59.9. The Morgan fingerprint density at radius 1 is 0.592 bits per heavy atom. The van der Waals surface area contributed by atoms with E-state index in [1.54, 1.807) is 7.11 Å². The zero-order valence-electron chi connectivity index (χ0n) is 44.4. The minimum absolute atomic E-state index is 0.282. The second-order valence-electron chi connectivity index (χ2n) is 21.5. The molecule has 0 spiro atoms. The molecule has 2 saturated heterocycles. The highest BCUT2D eigenvalue weighted by Gasteiger charge is 2.45. The molecule has 1 aliphatic carbocycles. The SMILES string of the molecule is CCCCCCc1ccc(C(=O)Oc2ccc(N3CCN(c4cc5c6c(c7c(c5cc4OC)OC(c4ccccc4)(c4ccc(N5CCN(c8ccccc8)CC5)cc4)C=C7)C(C)(C)c4ccccc4-6)CC3)cc2)cc1. The molecular weight excluding hydrogens is 937 g/mol. The van der Waals surface area contributed by atoms with Crippen LogP contribution in [0.2, 0.25) is 0 Å². The van der Waals surface area contributed by atoms with E-state index in [1.165, 1.54) is 64.9 Å². The number of hydrogen-bond donors (Lipinski definition) is 0. The summed E-state index contributed by atoms with van der Waals surface area (Å²) >= 11 is 0. The highest BCUT2D eigenvalue weighted by Crippen LogP contribution is 2.59. The van der Waals surface area contributed by atoms with Gasteiger partial charge >= 0.3 is 5.97 Å². The fourth-order valence-corrected chi connectivity index (χ4v) is 12.5. The number of fused-ring (bicyclic) bond motifs is 8. The van der Waals surface area contributed by atoms with Gasteiger partial charge < -0.3 is 33.8 Å². The van der Waals surface area contributed by atoms with Crippen LogP contribution in [-0.4, -0.2) is 65.4 Å². The third-order valence-electron chi connectivity index (χ3n) is 16.6. The molecule has 3 heterocycles. The van der Waals surface area contributed by atoms with Gasteiger partial charge in [0.15, 0.2) is 5.60 Å². The standard InChI is InChI=1S/C68H68N4O4/c1-5-6-7-10-17-48-24-26-49(27-25-48)66(73)75-55-34-32-54(33-35-55)71-42-44-72(45-43-71)61-46-58-59(47-62(61)74-4)65-57(64-63(58)56-22-15-16-23-60(56)67(64,2)3)36-37-68(76-65,50-18-11-8-12-19-50)51-28-30-53(31-29-51)70-40-38-69(39-41-70)52-20-13-9-14-21-52/h8-9,11-16,18-37,46-47H,5-7,10,17,38-45H2,1-4H3. The lowest BCUT2D eigenvalue weighted by Crippen LogP contribution is -2.46. The first-order valence-corrected chi connectivity index (χ1v) is 27.5. The van der Waals surface area contributed by atoms with Crippen LogP contribution >= 0.6 is 0 Å². The fraction of sp³-hybridized carbons (Fsp3) is 0.279. The number of aryl methyl sites for hydroxylation is 1. The molecule has 1 unspecified atom stereocenters. The van der Waals surface area contributed by atoms with Crippen LogP contribution in [0.3, 0.4) is 0 Å². The number of ether oxygens (including phenoxy) is 3. The van der Waals surface area contributed by atoms with Crippen LogP contribution in [0.1, 0.15) is 90.2 Å². The average molecular weight is 1010 g/mol. The molecule has 8 aromatic rings. The number of anilines is 4. The molecule has 0 bridgehead atoms. The largest absolute Gasteiger partial charge is 0.495 e. The van der Waals surface area contributed by atoms with Gasteiger partial charge in [0, 0.05) is 96.9 Å². The summed E-state index contributed by atoms with van der Waals surface area (Å²) < 4.78 is 20.0. The van der Waals surface area contributed by atoms with E-state index in [0.29, 0.717) is 11.3 Å². The summed E-state index contributed by atoms with van der Waals surface area (Å²) in [6.45, 7) is 14.1. The molecule has 8 nitrogen and oxygen atoms in total. The van der Waals surface area contributed by atoms with Crippen molar-refractivity contribution in [3.63, 3.8) is 0 Å². The number of carbonyl (C=O) groups excluding carboxylic acids is 1. The van der Waals surface area contributed by atoms with Crippen molar-refractivity contribution < 1.29 is 19.0 Å². The minimum Gasteiger partial charge on any atom is -0.495 e. The number of piperazine rings is 2. The molecule has 0 radical (unpaired) electrons. The molecule has 8 heteroatoms. The van der Waals surface area contributed by atoms with Crippen LogP contribution in [0.4, 0.5) is 22.7 Å². The van der Waals surface area contributed by atoms with Crippen molar-refractivity contribution in [1.29, 1.82) is 0 Å². The number of esters is 1. The number of rotatable bonds is 14. The summed E-state index contributed by atoms with van der Waals surface area (Å²) in [5.74, 6) is 1.90. The first kappa shape index (κ1) is 48.9. The maximum atomic E-state index is 13.1. The molecule has 0 amide bonds. The van der Waals surface area contributed by atoms with Gasteiger partial charge in [0.1, 0.15) is 17.2 Å². The Morgan fingerprint density at radius 3 is 1.82 bits per heavy atom. The van der Waals surface area contributed by atoms with Crippen molar-refractivity contribution >= 4 is 45.6 Å². The van der Waals surface area contributed by atoms with E-state index in [-0.39, 0.29) is 11.4 Å². The maximum absolute atomic E-state index is 13.1. The van der Waals surface area contributed by atoms with Gasteiger partial charge in [-0.15, -0.1) is 0 Å². The van der Waals surface area contributed by atoms with Crippen LogP contribution in [0.5, 0.6) is 17.2 Å². The van der Waals surface area contributed by atoms with E-state index in [0.717, 1.165) is 109 Å². The Labute approximate surface area is 448 Å². The van der Waals surface area contributed by atoms with Crippen LogP contribution in [0.25, 0.3) is 28.0 Å².